The van der Waals surface area contributed by atoms with Crippen molar-refractivity contribution in [2.24, 2.45) is 0 Å². The van der Waals surface area contributed by atoms with Gasteiger partial charge in [0, 0.05) is 23.3 Å². The van der Waals surface area contributed by atoms with E-state index in [9.17, 15) is 4.79 Å². The molecule has 0 saturated carbocycles. The quantitative estimate of drug-likeness (QED) is 0.632. The lowest BCUT2D eigenvalue weighted by atomic mass is 10.1. The molecule has 0 fully saturated rings. The first-order chi connectivity index (χ1) is 10.8. The Balaban J connectivity index is 1.92. The van der Waals surface area contributed by atoms with Gasteiger partial charge in [0.25, 0.3) is 0 Å². The fourth-order valence-electron chi connectivity index (χ4n) is 2.06. The first kappa shape index (κ1) is 15.4. The second-order valence-electron chi connectivity index (χ2n) is 6.07. The summed E-state index contributed by atoms with van der Waals surface area (Å²) in [6, 6.07) is 5.68. The fraction of sp³-hybridized carbons (Fsp3) is 0.250. The van der Waals surface area contributed by atoms with Crippen molar-refractivity contribution in [3.05, 3.63) is 42.1 Å². The summed E-state index contributed by atoms with van der Waals surface area (Å²) in [6.07, 6.45) is 4.37. The molecule has 2 aromatic heterocycles. The van der Waals surface area contributed by atoms with Gasteiger partial charge < -0.3 is 4.74 Å². The van der Waals surface area contributed by atoms with E-state index in [1.807, 2.05) is 39.0 Å². The smallest absolute Gasteiger partial charge is 0.435 e. The standard InChI is InChI=1S/C16H15ClN4O2/c1-16(2,3)23-15(22)21-9-12(8-19-21)10-4-5-11-7-18-14(17)20-13(11)6-10/h4-9H,1-3H3. The molecule has 2 heterocycles. The predicted molar refractivity (Wildman–Crippen MR) is 87.4 cm³/mol. The zero-order chi connectivity index (χ0) is 16.6. The van der Waals surface area contributed by atoms with Crippen LogP contribution in [0.2, 0.25) is 5.28 Å². The number of benzene rings is 1. The summed E-state index contributed by atoms with van der Waals surface area (Å²) in [5.41, 5.74) is 1.82. The van der Waals surface area contributed by atoms with E-state index in [2.05, 4.69) is 15.1 Å². The molecule has 0 unspecified atom stereocenters. The molecule has 0 aliphatic carbocycles. The van der Waals surface area contributed by atoms with Gasteiger partial charge in [-0.3, -0.25) is 0 Å². The summed E-state index contributed by atoms with van der Waals surface area (Å²) in [7, 11) is 0. The summed E-state index contributed by atoms with van der Waals surface area (Å²) >= 11 is 5.82. The Morgan fingerprint density at radius 2 is 2.00 bits per heavy atom. The molecule has 1 aromatic carbocycles. The van der Waals surface area contributed by atoms with Crippen LogP contribution in [0.4, 0.5) is 4.79 Å². The number of rotatable bonds is 1. The molecule has 0 spiro atoms. The normalized spacial score (nSPS) is 11.7. The highest BCUT2D eigenvalue weighted by atomic mass is 35.5. The monoisotopic (exact) mass is 330 g/mol. The molecule has 0 bridgehead atoms. The van der Waals surface area contributed by atoms with Crippen molar-refractivity contribution >= 4 is 28.6 Å². The van der Waals surface area contributed by atoms with Crippen molar-refractivity contribution in [2.75, 3.05) is 0 Å². The maximum absolute atomic E-state index is 12.0. The van der Waals surface area contributed by atoms with Gasteiger partial charge in [-0.2, -0.15) is 9.78 Å². The van der Waals surface area contributed by atoms with Gasteiger partial charge in [0.15, 0.2) is 0 Å². The van der Waals surface area contributed by atoms with Crippen LogP contribution in [0, 0.1) is 0 Å². The molecule has 0 amide bonds. The number of nitrogens with zero attached hydrogens (tertiary/aromatic N) is 4. The number of hydrogen-bond donors (Lipinski definition) is 0. The van der Waals surface area contributed by atoms with Crippen LogP contribution >= 0.6 is 11.6 Å². The Bertz CT molecular complexity index is 883. The molecule has 3 rings (SSSR count). The molecule has 0 radical (unpaired) electrons. The molecule has 0 aliphatic heterocycles. The van der Waals surface area contributed by atoms with Gasteiger partial charge in [-0.25, -0.2) is 14.8 Å². The average molecular weight is 331 g/mol. The third kappa shape index (κ3) is 3.48. The molecule has 23 heavy (non-hydrogen) atoms. The van der Waals surface area contributed by atoms with Crippen LogP contribution in [0.25, 0.3) is 22.0 Å². The minimum absolute atomic E-state index is 0.194. The van der Waals surface area contributed by atoms with E-state index in [0.29, 0.717) is 0 Å². The summed E-state index contributed by atoms with van der Waals surface area (Å²) < 4.78 is 6.46. The maximum atomic E-state index is 12.0. The lowest BCUT2D eigenvalue weighted by Gasteiger charge is -2.18. The highest BCUT2D eigenvalue weighted by Gasteiger charge is 2.18. The molecule has 7 heteroatoms. The summed E-state index contributed by atoms with van der Waals surface area (Å²) in [5, 5.41) is 5.14. The van der Waals surface area contributed by atoms with E-state index in [1.54, 1.807) is 18.6 Å². The average Bonchev–Trinajstić information content (AvgIpc) is 2.94. The third-order valence-corrected chi connectivity index (χ3v) is 3.23. The topological polar surface area (TPSA) is 69.9 Å². The SMILES string of the molecule is CC(C)(C)OC(=O)n1cc(-c2ccc3cnc(Cl)nc3c2)cn1. The molecule has 3 aromatic rings. The van der Waals surface area contributed by atoms with E-state index < -0.39 is 11.7 Å². The summed E-state index contributed by atoms with van der Waals surface area (Å²) in [5.74, 6) is 0. The summed E-state index contributed by atoms with van der Waals surface area (Å²) in [4.78, 5) is 20.1. The maximum Gasteiger partial charge on any atom is 0.435 e. The van der Waals surface area contributed by atoms with Gasteiger partial charge in [-0.1, -0.05) is 12.1 Å². The Labute approximate surface area is 138 Å². The van der Waals surface area contributed by atoms with E-state index in [0.717, 1.165) is 22.0 Å². The lowest BCUT2D eigenvalue weighted by Crippen LogP contribution is -2.27. The zero-order valence-electron chi connectivity index (χ0n) is 12.9. The van der Waals surface area contributed by atoms with Crippen LogP contribution in [0.3, 0.4) is 0 Å². The third-order valence-electron chi connectivity index (χ3n) is 3.05. The fourth-order valence-corrected chi connectivity index (χ4v) is 2.20. The van der Waals surface area contributed by atoms with Gasteiger partial charge >= 0.3 is 6.09 Å². The second kappa shape index (κ2) is 5.62. The van der Waals surface area contributed by atoms with E-state index in [-0.39, 0.29) is 5.28 Å². The molecular formula is C16H15ClN4O2. The van der Waals surface area contributed by atoms with Crippen molar-refractivity contribution in [3.63, 3.8) is 0 Å². The Morgan fingerprint density at radius 1 is 1.22 bits per heavy atom. The summed E-state index contributed by atoms with van der Waals surface area (Å²) in [6.45, 7) is 5.42. The Kier molecular flexibility index (Phi) is 3.77. The van der Waals surface area contributed by atoms with Gasteiger partial charge in [-0.05, 0) is 44.0 Å². The van der Waals surface area contributed by atoms with Crippen LogP contribution < -0.4 is 0 Å². The second-order valence-corrected chi connectivity index (χ2v) is 6.40. The molecule has 0 atom stereocenters. The Hall–Kier alpha value is -2.47. The Morgan fingerprint density at radius 3 is 2.74 bits per heavy atom. The van der Waals surface area contributed by atoms with Crippen LogP contribution in [-0.2, 0) is 4.74 Å². The number of fused-ring (bicyclic) bond motifs is 1. The minimum Gasteiger partial charge on any atom is -0.442 e. The van der Waals surface area contributed by atoms with Crippen molar-refractivity contribution in [3.8, 4) is 11.1 Å². The largest absolute Gasteiger partial charge is 0.442 e. The lowest BCUT2D eigenvalue weighted by molar-refractivity contribution is 0.0514. The number of carbonyl (C=O) groups is 1. The van der Waals surface area contributed by atoms with E-state index in [1.165, 1.54) is 4.68 Å². The van der Waals surface area contributed by atoms with Gasteiger partial charge in [-0.15, -0.1) is 0 Å². The van der Waals surface area contributed by atoms with Crippen LogP contribution in [0.1, 0.15) is 20.8 Å². The molecule has 6 nitrogen and oxygen atoms in total. The van der Waals surface area contributed by atoms with E-state index in [4.69, 9.17) is 16.3 Å². The van der Waals surface area contributed by atoms with Crippen LogP contribution in [0.5, 0.6) is 0 Å². The first-order valence-electron chi connectivity index (χ1n) is 7.02. The molecule has 0 aliphatic rings. The first-order valence-corrected chi connectivity index (χ1v) is 7.40. The van der Waals surface area contributed by atoms with E-state index >= 15 is 0 Å². The van der Waals surface area contributed by atoms with Crippen molar-refractivity contribution in [2.45, 2.75) is 26.4 Å². The number of halogens is 1. The molecule has 118 valence electrons. The van der Waals surface area contributed by atoms with Gasteiger partial charge in [0.2, 0.25) is 5.28 Å². The molecule has 0 saturated heterocycles. The predicted octanol–water partition coefficient (Wildman–Crippen LogP) is 3.93. The highest BCUT2D eigenvalue weighted by Crippen LogP contribution is 2.23. The number of ether oxygens (including phenoxy) is 1. The van der Waals surface area contributed by atoms with Gasteiger partial charge in [0.05, 0.1) is 11.7 Å². The van der Waals surface area contributed by atoms with Crippen molar-refractivity contribution in [1.29, 1.82) is 0 Å². The van der Waals surface area contributed by atoms with Crippen LogP contribution in [-0.4, -0.2) is 31.4 Å². The van der Waals surface area contributed by atoms with Crippen LogP contribution in [0.15, 0.2) is 36.8 Å². The number of aromatic nitrogens is 4. The zero-order valence-corrected chi connectivity index (χ0v) is 13.7. The number of carbonyl (C=O) groups excluding carboxylic acids is 1. The molecule has 0 N–H and O–H groups in total. The van der Waals surface area contributed by atoms with Gasteiger partial charge in [0.1, 0.15) is 5.60 Å². The number of hydrogen-bond acceptors (Lipinski definition) is 5. The van der Waals surface area contributed by atoms with Crippen molar-refractivity contribution in [1.82, 2.24) is 19.7 Å². The minimum atomic E-state index is -0.570. The van der Waals surface area contributed by atoms with Crippen molar-refractivity contribution < 1.29 is 9.53 Å². The highest BCUT2D eigenvalue weighted by molar-refractivity contribution is 6.28. The molecular weight excluding hydrogens is 316 g/mol.